The quantitative estimate of drug-likeness (QED) is 0.813. The highest BCUT2D eigenvalue weighted by Gasteiger charge is 2.40. The molecule has 2 rings (SSSR count). The Hall–Kier alpha value is -1.01. The second-order valence-electron chi connectivity index (χ2n) is 5.53. The third kappa shape index (κ3) is 4.23. The molecule has 0 aromatic carbocycles. The number of aliphatic carboxylic acids is 1. The average molecular weight is 327 g/mol. The minimum Gasteiger partial charge on any atom is -0.481 e. The molecular formula is C15H21NO3S2. The van der Waals surface area contributed by atoms with Crippen molar-refractivity contribution in [3.05, 3.63) is 17.5 Å². The Labute approximate surface area is 133 Å². The molecule has 1 amide bonds. The van der Waals surface area contributed by atoms with Crippen LogP contribution in [0, 0.1) is 0 Å². The summed E-state index contributed by atoms with van der Waals surface area (Å²) >= 11 is 3.15. The predicted molar refractivity (Wildman–Crippen MR) is 85.9 cm³/mol. The second kappa shape index (κ2) is 7.31. The molecule has 1 fully saturated rings. The number of carbonyl (C=O) groups is 2. The van der Waals surface area contributed by atoms with Crippen molar-refractivity contribution in [3.63, 3.8) is 0 Å². The SMILES string of the molecule is CN(C(=O)CSc1cccs1)C1(CC(=O)O)CCCCC1. The molecule has 0 radical (unpaired) electrons. The van der Waals surface area contributed by atoms with Crippen molar-refractivity contribution >= 4 is 35.0 Å². The topological polar surface area (TPSA) is 57.6 Å². The van der Waals surface area contributed by atoms with Crippen molar-refractivity contribution in [2.24, 2.45) is 0 Å². The van der Waals surface area contributed by atoms with Crippen LogP contribution in [-0.2, 0) is 9.59 Å². The van der Waals surface area contributed by atoms with Gasteiger partial charge in [0, 0.05) is 7.05 Å². The van der Waals surface area contributed by atoms with Crippen LogP contribution in [0.4, 0.5) is 0 Å². The summed E-state index contributed by atoms with van der Waals surface area (Å²) in [4.78, 5) is 25.4. The third-order valence-electron chi connectivity index (χ3n) is 4.18. The van der Waals surface area contributed by atoms with Crippen LogP contribution in [0.1, 0.15) is 38.5 Å². The molecule has 0 unspecified atom stereocenters. The number of nitrogens with zero attached hydrogens (tertiary/aromatic N) is 1. The van der Waals surface area contributed by atoms with Crippen LogP contribution in [-0.4, -0.2) is 40.2 Å². The fourth-order valence-electron chi connectivity index (χ4n) is 2.96. The van der Waals surface area contributed by atoms with Gasteiger partial charge in [-0.2, -0.15) is 0 Å². The van der Waals surface area contributed by atoms with Gasteiger partial charge >= 0.3 is 5.97 Å². The number of hydrogen-bond acceptors (Lipinski definition) is 4. The lowest BCUT2D eigenvalue weighted by Crippen LogP contribution is -2.52. The molecular weight excluding hydrogens is 306 g/mol. The van der Waals surface area contributed by atoms with Crippen LogP contribution in [0.3, 0.4) is 0 Å². The first-order valence-corrected chi connectivity index (χ1v) is 9.05. The fraction of sp³-hybridized carbons (Fsp3) is 0.600. The van der Waals surface area contributed by atoms with Crippen molar-refractivity contribution in [2.45, 2.75) is 48.3 Å². The summed E-state index contributed by atoms with van der Waals surface area (Å²) in [5, 5.41) is 11.2. The molecule has 1 aromatic rings. The number of carbonyl (C=O) groups excluding carboxylic acids is 1. The number of carboxylic acids is 1. The van der Waals surface area contributed by atoms with Gasteiger partial charge in [-0.1, -0.05) is 25.3 Å². The molecule has 0 bridgehead atoms. The smallest absolute Gasteiger partial charge is 0.305 e. The lowest BCUT2D eigenvalue weighted by atomic mass is 9.78. The van der Waals surface area contributed by atoms with E-state index in [2.05, 4.69) is 0 Å². The molecule has 0 spiro atoms. The van der Waals surface area contributed by atoms with E-state index in [1.165, 1.54) is 11.8 Å². The fourth-order valence-corrected chi connectivity index (χ4v) is 4.66. The van der Waals surface area contributed by atoms with Gasteiger partial charge in [-0.05, 0) is 24.3 Å². The molecule has 1 N–H and O–H groups in total. The summed E-state index contributed by atoms with van der Waals surface area (Å²) in [5.41, 5.74) is -0.489. The highest BCUT2D eigenvalue weighted by molar-refractivity contribution is 8.01. The van der Waals surface area contributed by atoms with Crippen LogP contribution in [0.5, 0.6) is 0 Å². The maximum atomic E-state index is 12.4. The van der Waals surface area contributed by atoms with E-state index in [-0.39, 0.29) is 12.3 Å². The number of rotatable bonds is 6. The Bertz CT molecular complexity index is 481. The maximum absolute atomic E-state index is 12.4. The first kappa shape index (κ1) is 16.4. The number of thiophene rings is 1. The van der Waals surface area contributed by atoms with Gasteiger partial charge in [0.1, 0.15) is 0 Å². The summed E-state index contributed by atoms with van der Waals surface area (Å²) in [7, 11) is 1.77. The van der Waals surface area contributed by atoms with Crippen LogP contribution < -0.4 is 0 Å². The first-order valence-electron chi connectivity index (χ1n) is 7.18. The van der Waals surface area contributed by atoms with E-state index in [1.54, 1.807) is 23.3 Å². The zero-order valence-electron chi connectivity index (χ0n) is 12.2. The molecule has 0 saturated heterocycles. The Kier molecular flexibility index (Phi) is 5.70. The zero-order chi connectivity index (χ0) is 15.3. The monoisotopic (exact) mass is 327 g/mol. The van der Waals surface area contributed by atoms with Gasteiger partial charge in [0.2, 0.25) is 5.91 Å². The van der Waals surface area contributed by atoms with Gasteiger partial charge < -0.3 is 10.0 Å². The summed E-state index contributed by atoms with van der Waals surface area (Å²) in [6.45, 7) is 0. The van der Waals surface area contributed by atoms with E-state index in [4.69, 9.17) is 0 Å². The first-order chi connectivity index (χ1) is 10.0. The summed E-state index contributed by atoms with van der Waals surface area (Å²) in [6, 6.07) is 3.96. The van der Waals surface area contributed by atoms with Crippen molar-refractivity contribution in [1.29, 1.82) is 0 Å². The minimum absolute atomic E-state index is 0.0246. The summed E-state index contributed by atoms with van der Waals surface area (Å²) in [6.07, 6.45) is 4.79. The molecule has 6 heteroatoms. The molecule has 4 nitrogen and oxygen atoms in total. The highest BCUT2D eigenvalue weighted by atomic mass is 32.2. The van der Waals surface area contributed by atoms with E-state index in [0.717, 1.165) is 36.3 Å². The number of thioether (sulfide) groups is 1. The van der Waals surface area contributed by atoms with E-state index < -0.39 is 11.5 Å². The second-order valence-corrected chi connectivity index (χ2v) is 7.75. The zero-order valence-corrected chi connectivity index (χ0v) is 13.8. The number of carboxylic acid groups (broad SMARTS) is 1. The summed E-state index contributed by atoms with van der Waals surface area (Å²) in [5.74, 6) is -0.419. The molecule has 21 heavy (non-hydrogen) atoms. The van der Waals surface area contributed by atoms with Crippen LogP contribution in [0.2, 0.25) is 0 Å². The van der Waals surface area contributed by atoms with E-state index in [0.29, 0.717) is 5.75 Å². The van der Waals surface area contributed by atoms with Crippen molar-refractivity contribution in [1.82, 2.24) is 4.90 Å². The predicted octanol–water partition coefficient (Wildman–Crippen LogP) is 3.48. The highest BCUT2D eigenvalue weighted by Crippen LogP contribution is 2.36. The van der Waals surface area contributed by atoms with Gasteiger partial charge in [-0.15, -0.1) is 23.1 Å². The standard InChI is InChI=1S/C15H21NO3S2/c1-16(12(17)11-21-14-6-5-9-20-14)15(10-13(18)19)7-3-2-4-8-15/h5-6,9H,2-4,7-8,10-11H2,1H3,(H,18,19). The third-order valence-corrected chi connectivity index (χ3v) is 6.30. The molecule has 1 saturated carbocycles. The molecule has 116 valence electrons. The van der Waals surface area contributed by atoms with E-state index in [1.807, 2.05) is 17.5 Å². The summed E-state index contributed by atoms with van der Waals surface area (Å²) < 4.78 is 1.12. The van der Waals surface area contributed by atoms with Gasteiger partial charge in [-0.3, -0.25) is 9.59 Å². The van der Waals surface area contributed by atoms with E-state index >= 15 is 0 Å². The average Bonchev–Trinajstić information content (AvgIpc) is 2.97. The van der Waals surface area contributed by atoms with Crippen molar-refractivity contribution in [2.75, 3.05) is 12.8 Å². The Balaban J connectivity index is 2.00. The Morgan fingerprint density at radius 2 is 2.10 bits per heavy atom. The van der Waals surface area contributed by atoms with Crippen LogP contribution >= 0.6 is 23.1 Å². The van der Waals surface area contributed by atoms with Crippen LogP contribution in [0.25, 0.3) is 0 Å². The molecule has 1 aliphatic carbocycles. The molecule has 1 aliphatic rings. The Morgan fingerprint density at radius 3 is 2.67 bits per heavy atom. The van der Waals surface area contributed by atoms with Crippen molar-refractivity contribution < 1.29 is 14.7 Å². The molecule has 0 aliphatic heterocycles. The van der Waals surface area contributed by atoms with Crippen molar-refractivity contribution in [3.8, 4) is 0 Å². The van der Waals surface area contributed by atoms with Gasteiger partial charge in [-0.25, -0.2) is 0 Å². The van der Waals surface area contributed by atoms with E-state index in [9.17, 15) is 14.7 Å². The number of amides is 1. The lowest BCUT2D eigenvalue weighted by Gasteiger charge is -2.43. The largest absolute Gasteiger partial charge is 0.481 e. The van der Waals surface area contributed by atoms with Gasteiger partial charge in [0.05, 0.1) is 21.9 Å². The minimum atomic E-state index is -0.817. The number of hydrogen-bond donors (Lipinski definition) is 1. The maximum Gasteiger partial charge on any atom is 0.305 e. The Morgan fingerprint density at radius 1 is 1.38 bits per heavy atom. The van der Waals surface area contributed by atoms with Gasteiger partial charge in [0.15, 0.2) is 0 Å². The normalized spacial score (nSPS) is 17.4. The van der Waals surface area contributed by atoms with Gasteiger partial charge in [0.25, 0.3) is 0 Å². The molecule has 1 heterocycles. The molecule has 1 aromatic heterocycles. The molecule has 0 atom stereocenters. The van der Waals surface area contributed by atoms with Crippen LogP contribution in [0.15, 0.2) is 21.7 Å². The lowest BCUT2D eigenvalue weighted by molar-refractivity contribution is -0.144.